The van der Waals surface area contributed by atoms with Gasteiger partial charge in [-0.25, -0.2) is 9.97 Å². The summed E-state index contributed by atoms with van der Waals surface area (Å²) < 4.78 is 5.31. The van der Waals surface area contributed by atoms with Crippen molar-refractivity contribution in [3.05, 3.63) is 17.7 Å². The molecule has 2 rings (SSSR count). The first-order valence-electron chi connectivity index (χ1n) is 5.75. The molecule has 18 heavy (non-hydrogen) atoms. The Morgan fingerprint density at radius 3 is 2.78 bits per heavy atom. The first-order chi connectivity index (χ1) is 8.67. The molecule has 6 nitrogen and oxygen atoms in total. The molecular formula is C11H15N5OS. The lowest BCUT2D eigenvalue weighted by Crippen LogP contribution is -2.05. The van der Waals surface area contributed by atoms with Crippen LogP contribution in [-0.2, 0) is 0 Å². The summed E-state index contributed by atoms with van der Waals surface area (Å²) in [5.74, 6) is 1.18. The molecule has 0 aliphatic rings. The first kappa shape index (κ1) is 12.8. The Balaban J connectivity index is 2.14. The molecule has 0 atom stereocenters. The molecule has 2 heterocycles. The molecule has 0 aliphatic carbocycles. The van der Waals surface area contributed by atoms with Crippen molar-refractivity contribution in [2.75, 3.05) is 11.9 Å². The summed E-state index contributed by atoms with van der Waals surface area (Å²) in [7, 11) is 0. The van der Waals surface area contributed by atoms with Crippen molar-refractivity contribution < 1.29 is 4.42 Å². The summed E-state index contributed by atoms with van der Waals surface area (Å²) in [5.41, 5.74) is 0.905. The van der Waals surface area contributed by atoms with Gasteiger partial charge in [0.25, 0.3) is 5.22 Å². The summed E-state index contributed by atoms with van der Waals surface area (Å²) in [6.45, 7) is 6.64. The van der Waals surface area contributed by atoms with Crippen molar-refractivity contribution in [2.45, 2.75) is 37.4 Å². The van der Waals surface area contributed by atoms with Crippen molar-refractivity contribution in [3.8, 4) is 0 Å². The molecule has 1 N–H and O–H groups in total. The van der Waals surface area contributed by atoms with E-state index < -0.39 is 0 Å². The summed E-state index contributed by atoms with van der Waals surface area (Å²) in [4.78, 5) is 8.70. The minimum absolute atomic E-state index is 0.493. The van der Waals surface area contributed by atoms with Gasteiger partial charge in [-0.3, -0.25) is 0 Å². The average Bonchev–Trinajstić information content (AvgIpc) is 2.71. The van der Waals surface area contributed by atoms with E-state index in [9.17, 15) is 0 Å². The van der Waals surface area contributed by atoms with Crippen molar-refractivity contribution in [3.63, 3.8) is 0 Å². The van der Waals surface area contributed by atoms with Crippen LogP contribution in [0.25, 0.3) is 0 Å². The highest BCUT2D eigenvalue weighted by atomic mass is 32.2. The number of nitrogens with zero attached hydrogens (tertiary/aromatic N) is 4. The van der Waals surface area contributed by atoms with Crippen molar-refractivity contribution in [2.24, 2.45) is 0 Å². The van der Waals surface area contributed by atoms with E-state index in [1.165, 1.54) is 11.8 Å². The molecule has 0 saturated carbocycles. The maximum Gasteiger partial charge on any atom is 0.282 e. The number of aryl methyl sites for hydroxylation is 2. The van der Waals surface area contributed by atoms with E-state index >= 15 is 0 Å². The van der Waals surface area contributed by atoms with Gasteiger partial charge in [0.05, 0.1) is 0 Å². The van der Waals surface area contributed by atoms with Gasteiger partial charge in [-0.1, -0.05) is 6.92 Å². The minimum atomic E-state index is 0.493. The lowest BCUT2D eigenvalue weighted by Gasteiger charge is -2.05. The molecule has 0 aromatic carbocycles. The van der Waals surface area contributed by atoms with Crippen molar-refractivity contribution >= 4 is 17.7 Å². The number of nitrogens with one attached hydrogen (secondary N) is 1. The number of hydrogen-bond acceptors (Lipinski definition) is 7. The molecule has 0 bridgehead atoms. The van der Waals surface area contributed by atoms with Crippen LogP contribution in [0.2, 0.25) is 0 Å². The van der Waals surface area contributed by atoms with Gasteiger partial charge in [0.1, 0.15) is 5.03 Å². The Kier molecular flexibility index (Phi) is 4.14. The van der Waals surface area contributed by atoms with E-state index in [0.29, 0.717) is 17.1 Å². The van der Waals surface area contributed by atoms with Crippen LogP contribution in [0.15, 0.2) is 20.7 Å². The van der Waals surface area contributed by atoms with E-state index in [1.54, 1.807) is 6.92 Å². The highest BCUT2D eigenvalue weighted by molar-refractivity contribution is 7.99. The fraction of sp³-hybridized carbons (Fsp3) is 0.455. The Labute approximate surface area is 110 Å². The minimum Gasteiger partial charge on any atom is -0.416 e. The number of hydrogen-bond donors (Lipinski definition) is 1. The van der Waals surface area contributed by atoms with Crippen LogP contribution in [0.4, 0.5) is 5.95 Å². The third-order valence-electron chi connectivity index (χ3n) is 2.06. The van der Waals surface area contributed by atoms with Crippen LogP contribution in [0.5, 0.6) is 0 Å². The molecule has 0 saturated heterocycles. The zero-order valence-electron chi connectivity index (χ0n) is 10.6. The van der Waals surface area contributed by atoms with E-state index in [0.717, 1.165) is 23.7 Å². The van der Waals surface area contributed by atoms with Gasteiger partial charge in [0.2, 0.25) is 11.8 Å². The molecule has 96 valence electrons. The molecule has 0 fully saturated rings. The third kappa shape index (κ3) is 3.43. The highest BCUT2D eigenvalue weighted by Gasteiger charge is 2.08. The van der Waals surface area contributed by atoms with Crippen molar-refractivity contribution in [1.29, 1.82) is 0 Å². The maximum atomic E-state index is 5.31. The van der Waals surface area contributed by atoms with Crippen LogP contribution < -0.4 is 5.32 Å². The van der Waals surface area contributed by atoms with E-state index in [4.69, 9.17) is 4.42 Å². The second-order valence-electron chi connectivity index (χ2n) is 3.79. The topological polar surface area (TPSA) is 76.7 Å². The van der Waals surface area contributed by atoms with Gasteiger partial charge in [0, 0.05) is 19.2 Å². The Hall–Kier alpha value is -1.63. The van der Waals surface area contributed by atoms with Crippen LogP contribution in [-0.4, -0.2) is 26.7 Å². The normalized spacial score (nSPS) is 10.6. The summed E-state index contributed by atoms with van der Waals surface area (Å²) >= 11 is 1.34. The van der Waals surface area contributed by atoms with Crippen molar-refractivity contribution in [1.82, 2.24) is 20.2 Å². The van der Waals surface area contributed by atoms with E-state index in [1.807, 2.05) is 13.0 Å². The predicted octanol–water partition coefficient (Wildman–Crippen LogP) is 2.45. The lowest BCUT2D eigenvalue weighted by atomic mass is 10.4. The summed E-state index contributed by atoms with van der Waals surface area (Å²) in [6, 6.07) is 1.89. The molecule has 0 spiro atoms. The van der Waals surface area contributed by atoms with Crippen LogP contribution >= 0.6 is 11.8 Å². The average molecular weight is 265 g/mol. The van der Waals surface area contributed by atoms with Gasteiger partial charge in [-0.15, -0.1) is 10.2 Å². The van der Waals surface area contributed by atoms with Gasteiger partial charge < -0.3 is 9.73 Å². The molecular weight excluding hydrogens is 250 g/mol. The maximum absolute atomic E-state index is 5.31. The number of rotatable bonds is 5. The quantitative estimate of drug-likeness (QED) is 0.832. The molecule has 2 aromatic heterocycles. The summed E-state index contributed by atoms with van der Waals surface area (Å²) in [6.07, 6.45) is 1.03. The Morgan fingerprint density at radius 2 is 2.11 bits per heavy atom. The summed E-state index contributed by atoms with van der Waals surface area (Å²) in [5, 5.41) is 12.2. The zero-order chi connectivity index (χ0) is 13.0. The molecule has 0 amide bonds. The van der Waals surface area contributed by atoms with E-state index in [2.05, 4.69) is 32.4 Å². The van der Waals surface area contributed by atoms with Crippen LogP contribution in [0.3, 0.4) is 0 Å². The standard InChI is InChI=1S/C11H15N5OS/c1-4-5-12-10-13-7(2)6-9(14-10)18-11-16-15-8(3)17-11/h6H,4-5H2,1-3H3,(H,12,13,14). The van der Waals surface area contributed by atoms with Gasteiger partial charge >= 0.3 is 0 Å². The molecule has 0 aliphatic heterocycles. The molecule has 0 radical (unpaired) electrons. The monoisotopic (exact) mass is 265 g/mol. The van der Waals surface area contributed by atoms with E-state index in [-0.39, 0.29) is 0 Å². The van der Waals surface area contributed by atoms with Crippen LogP contribution in [0, 0.1) is 13.8 Å². The SMILES string of the molecule is CCCNc1nc(C)cc(Sc2nnc(C)o2)n1. The van der Waals surface area contributed by atoms with Gasteiger partial charge in [0.15, 0.2) is 0 Å². The van der Waals surface area contributed by atoms with Gasteiger partial charge in [-0.05, 0) is 31.2 Å². The second kappa shape index (κ2) is 5.81. The van der Waals surface area contributed by atoms with Gasteiger partial charge in [-0.2, -0.15) is 0 Å². The largest absolute Gasteiger partial charge is 0.416 e. The van der Waals surface area contributed by atoms with Crippen LogP contribution in [0.1, 0.15) is 24.9 Å². The second-order valence-corrected chi connectivity index (χ2v) is 4.76. The third-order valence-corrected chi connectivity index (χ3v) is 2.82. The number of anilines is 1. The molecule has 2 aromatic rings. The lowest BCUT2D eigenvalue weighted by molar-refractivity contribution is 0.429. The fourth-order valence-electron chi connectivity index (χ4n) is 1.32. The zero-order valence-corrected chi connectivity index (χ0v) is 11.4. The highest BCUT2D eigenvalue weighted by Crippen LogP contribution is 2.25. The predicted molar refractivity (Wildman–Crippen MR) is 68.7 cm³/mol. The molecule has 7 heteroatoms. The Bertz CT molecular complexity index is 528. The molecule has 0 unspecified atom stereocenters. The smallest absolute Gasteiger partial charge is 0.282 e. The Morgan fingerprint density at radius 1 is 1.28 bits per heavy atom. The first-order valence-corrected chi connectivity index (χ1v) is 6.56. The fourth-order valence-corrected chi connectivity index (χ4v) is 2.10. The number of aromatic nitrogens is 4.